The minimum absolute atomic E-state index is 0.0998. The largest absolute Gasteiger partial charge is 0.393 e. The van der Waals surface area contributed by atoms with Gasteiger partial charge in [0.15, 0.2) is 5.78 Å². The number of Topliss-reactive ketones (excluding diaryl/α,β-unsaturated/α-hetero) is 1. The highest BCUT2D eigenvalue weighted by Crippen LogP contribution is 2.47. The number of nitrogens with zero attached hydrogens (tertiary/aromatic N) is 5. The van der Waals surface area contributed by atoms with Crippen molar-refractivity contribution in [2.45, 2.75) is 42.9 Å². The molecule has 4 heterocycles. The maximum absolute atomic E-state index is 13.7. The van der Waals surface area contributed by atoms with Gasteiger partial charge in [-0.25, -0.2) is 9.97 Å². The van der Waals surface area contributed by atoms with Crippen LogP contribution in [0.3, 0.4) is 0 Å². The molecule has 1 saturated carbocycles. The summed E-state index contributed by atoms with van der Waals surface area (Å²) in [5, 5.41) is 23.2. The molecule has 34 heavy (non-hydrogen) atoms. The van der Waals surface area contributed by atoms with Gasteiger partial charge in [0.1, 0.15) is 23.9 Å². The summed E-state index contributed by atoms with van der Waals surface area (Å²) in [7, 11) is -2.39. The minimum atomic E-state index is -3.87. The third-order valence-corrected chi connectivity index (χ3v) is 9.45. The monoisotopic (exact) mass is 493 g/mol. The topological polar surface area (TPSA) is 155 Å². The van der Waals surface area contributed by atoms with Crippen LogP contribution in [0.5, 0.6) is 0 Å². The van der Waals surface area contributed by atoms with E-state index in [4.69, 9.17) is 0 Å². The van der Waals surface area contributed by atoms with Gasteiger partial charge < -0.3 is 25.4 Å². The Labute approximate surface area is 198 Å². The summed E-state index contributed by atoms with van der Waals surface area (Å²) in [6.07, 6.45) is 4.38. The van der Waals surface area contributed by atoms with Crippen LogP contribution in [0.1, 0.15) is 25.7 Å². The first-order chi connectivity index (χ1) is 16.2. The molecule has 3 aliphatic rings. The van der Waals surface area contributed by atoms with Gasteiger partial charge in [0.2, 0.25) is 0 Å². The summed E-state index contributed by atoms with van der Waals surface area (Å²) in [5.74, 6) is 0.223. The predicted molar refractivity (Wildman–Crippen MR) is 124 cm³/mol. The van der Waals surface area contributed by atoms with Gasteiger partial charge in [-0.05, 0) is 38.3 Å². The number of carbonyl (C=O) groups excluding carboxylic acids is 1. The minimum Gasteiger partial charge on any atom is -0.393 e. The first-order valence-corrected chi connectivity index (χ1v) is 13.0. The number of aliphatic hydroxyl groups excluding tert-OH is 2. The van der Waals surface area contributed by atoms with E-state index < -0.39 is 39.8 Å². The van der Waals surface area contributed by atoms with Crippen LogP contribution in [0.15, 0.2) is 18.6 Å². The number of piperazine rings is 1. The SMILES string of the molecule is CN(C[C@@]1(C(=O)C(O)CO)CCCN1)S(=O)(=O)N1CCN(c2ncnc3[nH]ccc23)CC12CC2. The molecule has 2 saturated heterocycles. The summed E-state index contributed by atoms with van der Waals surface area (Å²) >= 11 is 0. The first-order valence-electron chi connectivity index (χ1n) is 11.6. The molecule has 12 nitrogen and oxygen atoms in total. The Hall–Kier alpha value is -2.16. The number of likely N-dealkylation sites (N-methyl/N-ethyl adjacent to an activating group) is 1. The Bertz CT molecular complexity index is 1180. The smallest absolute Gasteiger partial charge is 0.282 e. The molecule has 0 radical (unpaired) electrons. The molecule has 4 N–H and O–H groups in total. The molecule has 2 aromatic heterocycles. The van der Waals surface area contributed by atoms with E-state index in [2.05, 4.69) is 25.2 Å². The molecule has 13 heteroatoms. The van der Waals surface area contributed by atoms with E-state index >= 15 is 0 Å². The van der Waals surface area contributed by atoms with Gasteiger partial charge >= 0.3 is 0 Å². The van der Waals surface area contributed by atoms with Crippen LogP contribution in [0.4, 0.5) is 5.82 Å². The van der Waals surface area contributed by atoms with Gasteiger partial charge in [0.25, 0.3) is 10.2 Å². The quantitative estimate of drug-likeness (QED) is 0.356. The fraction of sp³-hybridized carbons (Fsp3) is 0.667. The lowest BCUT2D eigenvalue weighted by molar-refractivity contribution is -0.135. The Balaban J connectivity index is 1.35. The number of aromatic nitrogens is 3. The van der Waals surface area contributed by atoms with E-state index in [1.165, 1.54) is 17.7 Å². The van der Waals surface area contributed by atoms with Crippen LogP contribution in [0.2, 0.25) is 0 Å². The van der Waals surface area contributed by atoms with Crippen LogP contribution >= 0.6 is 0 Å². The molecule has 2 aliphatic heterocycles. The van der Waals surface area contributed by atoms with Crippen LogP contribution in [0.25, 0.3) is 11.0 Å². The number of aromatic amines is 1. The lowest BCUT2D eigenvalue weighted by Crippen LogP contribution is -2.63. The summed E-state index contributed by atoms with van der Waals surface area (Å²) in [6, 6.07) is 1.92. The van der Waals surface area contributed by atoms with Gasteiger partial charge in [0.05, 0.1) is 23.1 Å². The third kappa shape index (κ3) is 3.80. The molecule has 0 amide bonds. The van der Waals surface area contributed by atoms with E-state index in [-0.39, 0.29) is 6.54 Å². The summed E-state index contributed by atoms with van der Waals surface area (Å²) in [6.45, 7) is 1.07. The maximum Gasteiger partial charge on any atom is 0.282 e. The summed E-state index contributed by atoms with van der Waals surface area (Å²) < 4.78 is 30.2. The van der Waals surface area contributed by atoms with Crippen molar-refractivity contribution in [3.05, 3.63) is 18.6 Å². The van der Waals surface area contributed by atoms with Crippen LogP contribution in [-0.4, -0.2) is 112 Å². The number of carbonyl (C=O) groups is 1. The average Bonchev–Trinajstić information content (AvgIpc) is 3.23. The molecule has 0 bridgehead atoms. The summed E-state index contributed by atoms with van der Waals surface area (Å²) in [5.41, 5.74) is -0.971. The second kappa shape index (κ2) is 8.50. The molecule has 1 aliphatic carbocycles. The second-order valence-electron chi connectivity index (χ2n) is 9.59. The zero-order valence-electron chi connectivity index (χ0n) is 19.1. The Morgan fingerprint density at radius 2 is 2.09 bits per heavy atom. The van der Waals surface area contributed by atoms with Crippen molar-refractivity contribution >= 4 is 32.8 Å². The van der Waals surface area contributed by atoms with Gasteiger partial charge in [-0.1, -0.05) is 0 Å². The second-order valence-corrected chi connectivity index (χ2v) is 11.6. The molecule has 2 aromatic rings. The van der Waals surface area contributed by atoms with Crippen LogP contribution < -0.4 is 10.2 Å². The van der Waals surface area contributed by atoms with Gasteiger partial charge in [-0.2, -0.15) is 17.0 Å². The Morgan fingerprint density at radius 1 is 1.29 bits per heavy atom. The van der Waals surface area contributed by atoms with Crippen molar-refractivity contribution in [2.24, 2.45) is 0 Å². The zero-order valence-corrected chi connectivity index (χ0v) is 20.0. The van der Waals surface area contributed by atoms with Gasteiger partial charge in [-0.15, -0.1) is 0 Å². The normalized spacial score (nSPS) is 25.9. The number of ketones is 1. The molecular weight excluding hydrogens is 462 g/mol. The number of nitrogens with one attached hydrogen (secondary N) is 2. The zero-order chi connectivity index (χ0) is 24.1. The first kappa shape index (κ1) is 23.6. The number of anilines is 1. The molecule has 1 unspecified atom stereocenters. The highest BCUT2D eigenvalue weighted by Gasteiger charge is 2.57. The number of hydrogen-bond acceptors (Lipinski definition) is 9. The van der Waals surface area contributed by atoms with E-state index in [1.807, 2.05) is 12.3 Å². The van der Waals surface area contributed by atoms with Crippen molar-refractivity contribution in [2.75, 3.05) is 51.3 Å². The van der Waals surface area contributed by atoms with Crippen molar-refractivity contribution in [1.82, 2.24) is 28.9 Å². The fourth-order valence-corrected chi connectivity index (χ4v) is 7.19. The number of rotatable bonds is 8. The van der Waals surface area contributed by atoms with Gasteiger partial charge in [0, 0.05) is 39.4 Å². The van der Waals surface area contributed by atoms with E-state index in [9.17, 15) is 23.4 Å². The Morgan fingerprint density at radius 3 is 2.76 bits per heavy atom. The fourth-order valence-electron chi connectivity index (χ4n) is 5.43. The predicted octanol–water partition coefficient (Wildman–Crippen LogP) is -1.17. The lowest BCUT2D eigenvalue weighted by atomic mass is 9.89. The molecule has 1 spiro atoms. The van der Waals surface area contributed by atoms with Crippen molar-refractivity contribution in [3.8, 4) is 0 Å². The number of fused-ring (bicyclic) bond motifs is 1. The van der Waals surface area contributed by atoms with E-state index in [1.54, 1.807) is 4.31 Å². The third-order valence-electron chi connectivity index (χ3n) is 7.40. The van der Waals surface area contributed by atoms with Crippen LogP contribution in [-0.2, 0) is 15.0 Å². The van der Waals surface area contributed by atoms with Crippen molar-refractivity contribution in [1.29, 1.82) is 0 Å². The van der Waals surface area contributed by atoms with E-state index in [0.29, 0.717) is 39.0 Å². The number of hydrogen-bond donors (Lipinski definition) is 4. The molecule has 186 valence electrons. The summed E-state index contributed by atoms with van der Waals surface area (Å²) in [4.78, 5) is 26.7. The molecule has 0 aromatic carbocycles. The standard InChI is InChI=1S/C21H31N7O5S/c1-26(13-21(4-2-7-25-21)17(31)16(30)11-29)34(32,33)28-10-9-27(12-20(28)5-6-20)19-15-3-8-22-18(15)23-14-24-19/h3,8,14,16,25,29-30H,2,4-7,9-13H2,1H3,(H,22,23,24)/t16?,21-/m1/s1. The Kier molecular flexibility index (Phi) is 5.89. The number of H-pyrrole nitrogens is 1. The highest BCUT2D eigenvalue weighted by molar-refractivity contribution is 7.86. The molecular formula is C21H31N7O5S. The van der Waals surface area contributed by atoms with Crippen molar-refractivity contribution < 1.29 is 23.4 Å². The maximum atomic E-state index is 13.7. The number of aliphatic hydroxyl groups is 2. The average molecular weight is 494 g/mol. The lowest BCUT2D eigenvalue weighted by Gasteiger charge is -2.44. The van der Waals surface area contributed by atoms with Gasteiger partial charge in [-0.3, -0.25) is 4.79 Å². The molecule has 2 atom stereocenters. The molecule has 3 fully saturated rings. The highest BCUT2D eigenvalue weighted by atomic mass is 32.2. The van der Waals surface area contributed by atoms with Crippen LogP contribution in [0, 0.1) is 0 Å². The molecule has 5 rings (SSSR count). The van der Waals surface area contributed by atoms with Crippen molar-refractivity contribution in [3.63, 3.8) is 0 Å². The van der Waals surface area contributed by atoms with E-state index in [0.717, 1.165) is 29.7 Å².